The average molecular weight is 356 g/mol. The number of nitrogens with two attached hydrogens (primary N) is 1. The fraction of sp³-hybridized carbons (Fsp3) is 0.474. The van der Waals surface area contributed by atoms with Crippen molar-refractivity contribution in [1.82, 2.24) is 14.7 Å². The first-order chi connectivity index (χ1) is 12.6. The first-order valence-corrected chi connectivity index (χ1v) is 9.05. The molecule has 1 aromatic heterocycles. The van der Waals surface area contributed by atoms with Crippen LogP contribution in [-0.2, 0) is 24.4 Å². The zero-order valence-corrected chi connectivity index (χ0v) is 14.7. The fourth-order valence-corrected chi connectivity index (χ4v) is 3.42. The summed E-state index contributed by atoms with van der Waals surface area (Å²) >= 11 is 0. The zero-order valence-electron chi connectivity index (χ0n) is 14.7. The molecule has 0 unspecified atom stereocenters. The van der Waals surface area contributed by atoms with E-state index in [1.807, 2.05) is 35.0 Å². The van der Waals surface area contributed by atoms with Gasteiger partial charge >= 0.3 is 0 Å². The number of ether oxygens (including phenoxy) is 1. The lowest BCUT2D eigenvalue weighted by atomic mass is 10.1. The molecule has 0 spiro atoms. The molecule has 1 amide bonds. The summed E-state index contributed by atoms with van der Waals surface area (Å²) in [6.45, 7) is 3.21. The Morgan fingerprint density at radius 2 is 2.19 bits per heavy atom. The van der Waals surface area contributed by atoms with Gasteiger partial charge in [-0.25, -0.2) is 0 Å². The van der Waals surface area contributed by atoms with Crippen LogP contribution in [-0.4, -0.2) is 38.8 Å². The molecule has 1 atom stereocenters. The van der Waals surface area contributed by atoms with Crippen LogP contribution in [0.3, 0.4) is 0 Å². The van der Waals surface area contributed by atoms with Crippen molar-refractivity contribution in [2.45, 2.75) is 38.6 Å². The molecule has 138 valence electrons. The summed E-state index contributed by atoms with van der Waals surface area (Å²) < 4.78 is 7.39. The van der Waals surface area contributed by atoms with Gasteiger partial charge in [0, 0.05) is 19.6 Å². The normalized spacial score (nSPS) is 18.3. The van der Waals surface area contributed by atoms with Gasteiger partial charge in [-0.2, -0.15) is 5.10 Å². The van der Waals surface area contributed by atoms with Crippen LogP contribution in [0.1, 0.15) is 35.9 Å². The van der Waals surface area contributed by atoms with Crippen LogP contribution in [0.4, 0.5) is 0 Å². The third-order valence-electron chi connectivity index (χ3n) is 4.95. The number of nitrogens with zero attached hydrogens (tertiary/aromatic N) is 3. The van der Waals surface area contributed by atoms with Gasteiger partial charge < -0.3 is 15.6 Å². The molecule has 1 aliphatic carbocycles. The summed E-state index contributed by atoms with van der Waals surface area (Å²) in [6, 6.07) is 9.77. The molecule has 7 heteroatoms. The number of aliphatic hydroxyl groups excluding tert-OH is 1. The van der Waals surface area contributed by atoms with E-state index in [1.165, 1.54) is 0 Å². The summed E-state index contributed by atoms with van der Waals surface area (Å²) in [6.07, 6.45) is 1.79. The predicted molar refractivity (Wildman–Crippen MR) is 95.2 cm³/mol. The number of amides is 1. The highest BCUT2D eigenvalue weighted by atomic mass is 16.5. The number of benzene rings is 1. The third-order valence-corrected chi connectivity index (χ3v) is 4.95. The van der Waals surface area contributed by atoms with Crippen LogP contribution in [0.25, 0.3) is 0 Å². The molecule has 1 saturated carbocycles. The maximum atomic E-state index is 10.9. The Morgan fingerprint density at radius 3 is 2.96 bits per heavy atom. The monoisotopic (exact) mass is 356 g/mol. The van der Waals surface area contributed by atoms with Crippen molar-refractivity contribution in [3.05, 3.63) is 47.3 Å². The van der Waals surface area contributed by atoms with Crippen LogP contribution in [0.2, 0.25) is 0 Å². The second kappa shape index (κ2) is 7.09. The van der Waals surface area contributed by atoms with Gasteiger partial charge in [0.2, 0.25) is 0 Å². The molecule has 26 heavy (non-hydrogen) atoms. The summed E-state index contributed by atoms with van der Waals surface area (Å²) in [4.78, 5) is 13.2. The van der Waals surface area contributed by atoms with E-state index in [2.05, 4.69) is 10.00 Å². The predicted octanol–water partition coefficient (Wildman–Crippen LogP) is 1.21. The highest BCUT2D eigenvalue weighted by Crippen LogP contribution is 2.40. The number of fused-ring (bicyclic) bond motifs is 1. The number of aromatic nitrogens is 2. The first-order valence-electron chi connectivity index (χ1n) is 9.05. The Hall–Kier alpha value is -2.38. The van der Waals surface area contributed by atoms with Gasteiger partial charge in [-0.3, -0.25) is 14.4 Å². The Bertz CT molecular complexity index is 800. The first kappa shape index (κ1) is 17.1. The molecule has 7 nitrogen and oxygen atoms in total. The largest absolute Gasteiger partial charge is 0.484 e. The third kappa shape index (κ3) is 3.89. The van der Waals surface area contributed by atoms with E-state index >= 15 is 0 Å². The van der Waals surface area contributed by atoms with Crippen molar-refractivity contribution >= 4 is 5.91 Å². The Kier molecular flexibility index (Phi) is 4.65. The van der Waals surface area contributed by atoms with Gasteiger partial charge in [-0.15, -0.1) is 0 Å². The Labute approximate surface area is 152 Å². The number of rotatable bonds is 7. The molecule has 3 N–H and O–H groups in total. The van der Waals surface area contributed by atoms with Crippen LogP contribution in [0.5, 0.6) is 5.75 Å². The molecule has 0 bridgehead atoms. The second-order valence-electron chi connectivity index (χ2n) is 7.18. The quantitative estimate of drug-likeness (QED) is 0.778. The molecule has 1 fully saturated rings. The van der Waals surface area contributed by atoms with E-state index in [1.54, 1.807) is 0 Å². The molecule has 4 rings (SSSR count). The van der Waals surface area contributed by atoms with Gasteiger partial charge in [0.1, 0.15) is 11.9 Å². The maximum absolute atomic E-state index is 10.9. The van der Waals surface area contributed by atoms with Gasteiger partial charge in [0.15, 0.2) is 6.61 Å². The molecule has 1 aliphatic heterocycles. The number of carbonyl (C=O) groups is 1. The number of aliphatic hydroxyl groups is 1. The lowest BCUT2D eigenvalue weighted by molar-refractivity contribution is -0.119. The SMILES string of the molecule is NC(=O)COc1cccc(CN2CCn3nc([C@@H](O)C4CC4)cc3C2)c1. The van der Waals surface area contributed by atoms with Gasteiger partial charge in [-0.1, -0.05) is 12.1 Å². The minimum atomic E-state index is -0.483. The number of carbonyl (C=O) groups excluding carboxylic acids is 1. The summed E-state index contributed by atoms with van der Waals surface area (Å²) in [7, 11) is 0. The van der Waals surface area contributed by atoms with Gasteiger partial charge in [-0.05, 0) is 42.5 Å². The number of hydrogen-bond acceptors (Lipinski definition) is 5. The molecular weight excluding hydrogens is 332 g/mol. The summed E-state index contributed by atoms with van der Waals surface area (Å²) in [5, 5.41) is 14.9. The lowest BCUT2D eigenvalue weighted by Gasteiger charge is -2.27. The van der Waals surface area contributed by atoms with E-state index < -0.39 is 12.0 Å². The van der Waals surface area contributed by atoms with Gasteiger partial charge in [0.05, 0.1) is 17.9 Å². The Morgan fingerprint density at radius 1 is 1.35 bits per heavy atom. The molecular formula is C19H24N4O3. The van der Waals surface area contributed by atoms with Crippen molar-refractivity contribution in [2.24, 2.45) is 11.7 Å². The van der Waals surface area contributed by atoms with Crippen LogP contribution in [0.15, 0.2) is 30.3 Å². The summed E-state index contributed by atoms with van der Waals surface area (Å²) in [5.41, 5.74) is 8.20. The zero-order chi connectivity index (χ0) is 18.1. The van der Waals surface area contributed by atoms with E-state index in [9.17, 15) is 9.90 Å². The standard InChI is InChI=1S/C19H24N4O3/c20-18(24)12-26-16-3-1-2-13(8-16)10-22-6-7-23-15(11-22)9-17(21-23)19(25)14-4-5-14/h1-3,8-9,14,19,25H,4-7,10-12H2,(H2,20,24)/t19-/m0/s1. The smallest absolute Gasteiger partial charge is 0.255 e. The minimum absolute atomic E-state index is 0.113. The van der Waals surface area contributed by atoms with E-state index in [0.29, 0.717) is 11.7 Å². The number of hydrogen-bond donors (Lipinski definition) is 2. The number of primary amides is 1. The van der Waals surface area contributed by atoms with E-state index in [0.717, 1.165) is 56.0 Å². The molecule has 1 aromatic carbocycles. The van der Waals surface area contributed by atoms with E-state index in [4.69, 9.17) is 10.5 Å². The van der Waals surface area contributed by atoms with Crippen molar-refractivity contribution in [2.75, 3.05) is 13.2 Å². The Balaban J connectivity index is 1.39. The topological polar surface area (TPSA) is 93.6 Å². The molecule has 2 aromatic rings. The van der Waals surface area contributed by atoms with Crippen LogP contribution < -0.4 is 10.5 Å². The van der Waals surface area contributed by atoms with Crippen molar-refractivity contribution in [1.29, 1.82) is 0 Å². The molecule has 2 heterocycles. The minimum Gasteiger partial charge on any atom is -0.484 e. The van der Waals surface area contributed by atoms with Crippen molar-refractivity contribution < 1.29 is 14.6 Å². The molecule has 0 saturated heterocycles. The summed E-state index contributed by atoms with van der Waals surface area (Å²) in [5.74, 6) is 0.563. The fourth-order valence-electron chi connectivity index (χ4n) is 3.42. The van der Waals surface area contributed by atoms with Crippen molar-refractivity contribution in [3.63, 3.8) is 0 Å². The molecule has 2 aliphatic rings. The average Bonchev–Trinajstić information content (AvgIpc) is 3.39. The second-order valence-corrected chi connectivity index (χ2v) is 7.18. The highest BCUT2D eigenvalue weighted by molar-refractivity contribution is 5.75. The van der Waals surface area contributed by atoms with Crippen molar-refractivity contribution in [3.8, 4) is 5.75 Å². The van der Waals surface area contributed by atoms with Crippen LogP contribution in [0, 0.1) is 5.92 Å². The van der Waals surface area contributed by atoms with Crippen LogP contribution >= 0.6 is 0 Å². The highest BCUT2D eigenvalue weighted by Gasteiger charge is 2.33. The van der Waals surface area contributed by atoms with Gasteiger partial charge in [0.25, 0.3) is 5.91 Å². The molecule has 0 radical (unpaired) electrons. The lowest BCUT2D eigenvalue weighted by Crippen LogP contribution is -2.33. The maximum Gasteiger partial charge on any atom is 0.255 e. The van der Waals surface area contributed by atoms with E-state index in [-0.39, 0.29) is 6.61 Å².